The van der Waals surface area contributed by atoms with E-state index < -0.39 is 10.0 Å². The second kappa shape index (κ2) is 9.54. The minimum Gasteiger partial charge on any atom is -0.493 e. The van der Waals surface area contributed by atoms with Crippen molar-refractivity contribution in [3.05, 3.63) is 59.4 Å². The zero-order chi connectivity index (χ0) is 23.5. The second-order valence-electron chi connectivity index (χ2n) is 7.50. The largest absolute Gasteiger partial charge is 0.493 e. The van der Waals surface area contributed by atoms with Crippen LogP contribution in [-0.4, -0.2) is 45.8 Å². The van der Waals surface area contributed by atoms with E-state index in [4.69, 9.17) is 14.2 Å². The summed E-state index contributed by atoms with van der Waals surface area (Å²) in [5, 5.41) is 1.15. The van der Waals surface area contributed by atoms with Crippen molar-refractivity contribution in [1.82, 2.24) is 9.71 Å². The first-order chi connectivity index (χ1) is 15.1. The number of hydrogen-bond acceptors (Lipinski definition) is 7. The van der Waals surface area contributed by atoms with Gasteiger partial charge in [-0.25, -0.2) is 13.1 Å². The van der Waals surface area contributed by atoms with Crippen molar-refractivity contribution in [1.29, 1.82) is 0 Å². The molecule has 0 bridgehead atoms. The maximum Gasteiger partial charge on any atom is 0.212 e. The molecule has 0 saturated heterocycles. The summed E-state index contributed by atoms with van der Waals surface area (Å²) in [6.45, 7) is 3.84. The zero-order valence-corrected chi connectivity index (χ0v) is 19.4. The van der Waals surface area contributed by atoms with Gasteiger partial charge in [0.2, 0.25) is 15.8 Å². The van der Waals surface area contributed by atoms with Crippen LogP contribution in [0.3, 0.4) is 0 Å². The fourth-order valence-electron chi connectivity index (χ4n) is 3.27. The molecule has 3 rings (SSSR count). The normalized spacial score (nSPS) is 11.6. The summed E-state index contributed by atoms with van der Waals surface area (Å²) in [6.07, 6.45) is 2.54. The molecule has 1 aromatic heterocycles. The lowest BCUT2D eigenvalue weighted by molar-refractivity contribution is 0.103. The molecule has 2 aromatic carbocycles. The molecule has 1 N–H and O–H groups in total. The van der Waals surface area contributed by atoms with Gasteiger partial charge in [-0.15, -0.1) is 0 Å². The Bertz CT molecular complexity index is 1250. The quantitative estimate of drug-likeness (QED) is 0.491. The van der Waals surface area contributed by atoms with Crippen molar-refractivity contribution in [2.24, 2.45) is 0 Å². The molecule has 0 saturated carbocycles. The monoisotopic (exact) mass is 458 g/mol. The molecule has 1 heterocycles. The predicted molar refractivity (Wildman–Crippen MR) is 122 cm³/mol. The number of sulfonamides is 1. The van der Waals surface area contributed by atoms with E-state index in [2.05, 4.69) is 9.71 Å². The van der Waals surface area contributed by atoms with Gasteiger partial charge in [-0.05, 0) is 49.1 Å². The van der Waals surface area contributed by atoms with Crippen molar-refractivity contribution in [2.75, 3.05) is 20.5 Å². The molecule has 0 atom stereocenters. The second-order valence-corrected chi connectivity index (χ2v) is 9.33. The minimum atomic E-state index is -3.42. The number of hydrogen-bond donors (Lipinski definition) is 1. The molecule has 0 aliphatic heterocycles. The van der Waals surface area contributed by atoms with Gasteiger partial charge in [0.05, 0.1) is 26.6 Å². The number of carbonyl (C=O) groups excluding carboxylic acids is 1. The standard InChI is InChI=1S/C23H26N2O6S/c1-14(2)31-17-8-6-7-15(9-17)23(26)22-19-11-21(30-4)20(29-3)10-18(19)16(12-24-22)13-25-32(5,27)28/h6-12,14,25H,13H2,1-5H3. The Morgan fingerprint density at radius 3 is 2.31 bits per heavy atom. The number of rotatable bonds is 9. The van der Waals surface area contributed by atoms with E-state index in [1.165, 1.54) is 20.4 Å². The summed E-state index contributed by atoms with van der Waals surface area (Å²) in [4.78, 5) is 17.8. The molecule has 0 aliphatic rings. The molecular formula is C23H26N2O6S. The van der Waals surface area contributed by atoms with Crippen molar-refractivity contribution < 1.29 is 27.4 Å². The third-order valence-electron chi connectivity index (χ3n) is 4.68. The first-order valence-corrected chi connectivity index (χ1v) is 11.8. The van der Waals surface area contributed by atoms with Crippen LogP contribution in [0, 0.1) is 0 Å². The van der Waals surface area contributed by atoms with Gasteiger partial charge >= 0.3 is 0 Å². The van der Waals surface area contributed by atoms with Crippen LogP contribution in [0.15, 0.2) is 42.6 Å². The number of ketones is 1. The Morgan fingerprint density at radius 2 is 1.72 bits per heavy atom. The van der Waals surface area contributed by atoms with Crippen LogP contribution >= 0.6 is 0 Å². The molecule has 0 fully saturated rings. The van der Waals surface area contributed by atoms with Gasteiger partial charge < -0.3 is 14.2 Å². The van der Waals surface area contributed by atoms with Crippen molar-refractivity contribution in [2.45, 2.75) is 26.5 Å². The van der Waals surface area contributed by atoms with Crippen LogP contribution in [0.1, 0.15) is 35.5 Å². The van der Waals surface area contributed by atoms with Gasteiger partial charge in [0.25, 0.3) is 0 Å². The molecule has 170 valence electrons. The molecule has 32 heavy (non-hydrogen) atoms. The average molecular weight is 459 g/mol. The summed E-state index contributed by atoms with van der Waals surface area (Å²) in [6, 6.07) is 10.3. The van der Waals surface area contributed by atoms with E-state index in [0.29, 0.717) is 39.1 Å². The summed E-state index contributed by atoms with van der Waals surface area (Å²) in [5.74, 6) is 1.18. The van der Waals surface area contributed by atoms with E-state index in [9.17, 15) is 13.2 Å². The highest BCUT2D eigenvalue weighted by atomic mass is 32.2. The van der Waals surface area contributed by atoms with Gasteiger partial charge in [-0.3, -0.25) is 9.78 Å². The van der Waals surface area contributed by atoms with Gasteiger partial charge in [-0.1, -0.05) is 12.1 Å². The van der Waals surface area contributed by atoms with E-state index >= 15 is 0 Å². The Morgan fingerprint density at radius 1 is 1.06 bits per heavy atom. The summed E-state index contributed by atoms with van der Waals surface area (Å²) < 4.78 is 42.1. The number of aromatic nitrogens is 1. The molecule has 0 radical (unpaired) electrons. The van der Waals surface area contributed by atoms with Crippen LogP contribution < -0.4 is 18.9 Å². The third kappa shape index (κ3) is 5.35. The maximum absolute atomic E-state index is 13.4. The number of carbonyl (C=O) groups is 1. The van der Waals surface area contributed by atoms with E-state index in [1.807, 2.05) is 13.8 Å². The number of ether oxygens (including phenoxy) is 3. The van der Waals surface area contributed by atoms with Gasteiger partial charge in [0.1, 0.15) is 11.4 Å². The summed E-state index contributed by atoms with van der Waals surface area (Å²) >= 11 is 0. The summed E-state index contributed by atoms with van der Waals surface area (Å²) in [7, 11) is -0.412. The minimum absolute atomic E-state index is 0.0179. The van der Waals surface area contributed by atoms with Crippen molar-refractivity contribution >= 4 is 26.6 Å². The van der Waals surface area contributed by atoms with E-state index in [0.717, 1.165) is 6.26 Å². The topological polar surface area (TPSA) is 104 Å². The first kappa shape index (κ1) is 23.5. The van der Waals surface area contributed by atoms with Crippen LogP contribution in [0.4, 0.5) is 0 Å². The van der Waals surface area contributed by atoms with Crippen LogP contribution in [0.5, 0.6) is 17.2 Å². The zero-order valence-electron chi connectivity index (χ0n) is 18.6. The third-order valence-corrected chi connectivity index (χ3v) is 5.35. The van der Waals surface area contributed by atoms with Gasteiger partial charge in [-0.2, -0.15) is 0 Å². The molecule has 0 spiro atoms. The number of methoxy groups -OCH3 is 2. The van der Waals surface area contributed by atoms with Gasteiger partial charge in [0, 0.05) is 23.7 Å². The SMILES string of the molecule is COc1cc2c(CNS(C)(=O)=O)cnc(C(=O)c3cccc(OC(C)C)c3)c2cc1OC. The number of pyridine rings is 1. The molecule has 0 amide bonds. The number of nitrogens with zero attached hydrogens (tertiary/aromatic N) is 1. The van der Waals surface area contributed by atoms with E-state index in [1.54, 1.807) is 36.4 Å². The fraction of sp³-hybridized carbons (Fsp3) is 0.304. The smallest absolute Gasteiger partial charge is 0.212 e. The molecular weight excluding hydrogens is 432 g/mol. The number of fused-ring (bicyclic) bond motifs is 1. The highest BCUT2D eigenvalue weighted by molar-refractivity contribution is 7.88. The molecule has 8 nitrogen and oxygen atoms in total. The van der Waals surface area contributed by atoms with Crippen molar-refractivity contribution in [3.8, 4) is 17.2 Å². The number of benzene rings is 2. The summed E-state index contributed by atoms with van der Waals surface area (Å²) in [5.41, 5.74) is 1.24. The fourth-order valence-corrected chi connectivity index (χ4v) is 3.69. The van der Waals surface area contributed by atoms with Crippen LogP contribution in [0.2, 0.25) is 0 Å². The van der Waals surface area contributed by atoms with Crippen LogP contribution in [0.25, 0.3) is 10.8 Å². The molecule has 3 aromatic rings. The lowest BCUT2D eigenvalue weighted by Crippen LogP contribution is -2.21. The molecule has 0 unspecified atom stereocenters. The molecule has 0 aliphatic carbocycles. The Kier molecular flexibility index (Phi) is 7.00. The predicted octanol–water partition coefficient (Wildman–Crippen LogP) is 3.32. The number of nitrogens with one attached hydrogen (secondary N) is 1. The lowest BCUT2D eigenvalue weighted by Gasteiger charge is -2.15. The average Bonchev–Trinajstić information content (AvgIpc) is 2.75. The van der Waals surface area contributed by atoms with Crippen molar-refractivity contribution in [3.63, 3.8) is 0 Å². The Hall–Kier alpha value is -3.17. The first-order valence-electron chi connectivity index (χ1n) is 9.92. The Balaban J connectivity index is 2.15. The van der Waals surface area contributed by atoms with E-state index in [-0.39, 0.29) is 24.1 Å². The van der Waals surface area contributed by atoms with Crippen LogP contribution in [-0.2, 0) is 16.6 Å². The Labute approximate surface area is 187 Å². The highest BCUT2D eigenvalue weighted by Gasteiger charge is 2.20. The van der Waals surface area contributed by atoms with Gasteiger partial charge in [0.15, 0.2) is 11.5 Å². The lowest BCUT2D eigenvalue weighted by atomic mass is 9.99. The molecule has 9 heteroatoms. The highest BCUT2D eigenvalue weighted by Crippen LogP contribution is 2.35. The maximum atomic E-state index is 13.4.